The molecule has 8 rings (SSSR count). The van der Waals surface area contributed by atoms with Gasteiger partial charge in [-0.1, -0.05) is 46.8 Å². The lowest BCUT2D eigenvalue weighted by Crippen LogP contribution is -2.62. The summed E-state index contributed by atoms with van der Waals surface area (Å²) in [5, 5.41) is 20.0. The van der Waals surface area contributed by atoms with Gasteiger partial charge in [0.05, 0.1) is 18.8 Å². The number of rotatable bonds is 11. The molecule has 0 spiro atoms. The molecule has 4 aliphatic rings. The van der Waals surface area contributed by atoms with Crippen molar-refractivity contribution in [2.24, 2.45) is 17.3 Å². The molecule has 1 saturated carbocycles. The van der Waals surface area contributed by atoms with E-state index in [2.05, 4.69) is 71.5 Å². The second kappa shape index (κ2) is 18.8. The number of ether oxygens (including phenoxy) is 1. The van der Waals surface area contributed by atoms with E-state index in [9.17, 15) is 29.1 Å². The summed E-state index contributed by atoms with van der Waals surface area (Å²) in [6, 6.07) is 10.5. The topological polar surface area (TPSA) is 188 Å². The summed E-state index contributed by atoms with van der Waals surface area (Å²) in [4.78, 5) is 77.3. The molecular weight excluding hydrogens is 837 g/mol. The third-order valence-electron chi connectivity index (χ3n) is 13.9. The Balaban J connectivity index is 1.15. The van der Waals surface area contributed by atoms with Crippen LogP contribution < -0.4 is 16.1 Å². The summed E-state index contributed by atoms with van der Waals surface area (Å²) in [6.45, 7) is 13.0. The molecule has 4 N–H and O–H groups in total. The molecule has 15 heteroatoms. The fourth-order valence-electron chi connectivity index (χ4n) is 10.2. The largest absolute Gasteiger partial charge is 0.508 e. The number of aromatic hydroxyl groups is 1. The minimum atomic E-state index is -1.16. The number of aryl methyl sites for hydroxylation is 2. The van der Waals surface area contributed by atoms with Crippen LogP contribution in [0.25, 0.3) is 33.3 Å². The molecule has 0 unspecified atom stereocenters. The zero-order valence-electron chi connectivity index (χ0n) is 39.6. The molecule has 2 aromatic heterocycles. The zero-order chi connectivity index (χ0) is 47.2. The third kappa shape index (κ3) is 9.69. The molecule has 2 aromatic carbocycles. The van der Waals surface area contributed by atoms with Crippen molar-refractivity contribution in [1.29, 1.82) is 0 Å². The molecule has 1 aliphatic carbocycles. The molecule has 4 aromatic rings. The van der Waals surface area contributed by atoms with Gasteiger partial charge in [0.2, 0.25) is 17.7 Å². The van der Waals surface area contributed by atoms with E-state index in [4.69, 9.17) is 4.74 Å². The highest BCUT2D eigenvalue weighted by Gasteiger charge is 2.52. The Morgan fingerprint density at radius 3 is 2.52 bits per heavy atom. The minimum absolute atomic E-state index is 0.00143. The number of cyclic esters (lactones) is 1. The van der Waals surface area contributed by atoms with Gasteiger partial charge in [0.1, 0.15) is 29.9 Å². The number of phenolic OH excluding ortho intramolecular Hbond substituents is 1. The summed E-state index contributed by atoms with van der Waals surface area (Å²) >= 11 is 0. The van der Waals surface area contributed by atoms with Gasteiger partial charge in [-0.15, -0.1) is 0 Å². The van der Waals surface area contributed by atoms with Gasteiger partial charge >= 0.3 is 5.97 Å². The van der Waals surface area contributed by atoms with Gasteiger partial charge in [0.25, 0.3) is 5.91 Å². The Hall–Kier alpha value is -5.80. The van der Waals surface area contributed by atoms with Crippen molar-refractivity contribution in [3.63, 3.8) is 0 Å². The van der Waals surface area contributed by atoms with Crippen LogP contribution in [0.1, 0.15) is 83.9 Å². The quantitative estimate of drug-likeness (QED) is 0.118. The summed E-state index contributed by atoms with van der Waals surface area (Å²) < 4.78 is 8.42. The number of hydrogen-bond acceptors (Lipinski definition) is 10. The molecule has 5 heterocycles. The van der Waals surface area contributed by atoms with Gasteiger partial charge in [-0.05, 0) is 115 Å². The van der Waals surface area contributed by atoms with Gasteiger partial charge in [-0.25, -0.2) is 5.43 Å². The van der Waals surface area contributed by atoms with E-state index in [1.807, 2.05) is 38.4 Å². The normalized spacial score (nSPS) is 22.3. The molecule has 66 heavy (non-hydrogen) atoms. The van der Waals surface area contributed by atoms with E-state index in [0.29, 0.717) is 37.3 Å². The van der Waals surface area contributed by atoms with Crippen molar-refractivity contribution in [2.75, 3.05) is 33.8 Å². The highest BCUT2D eigenvalue weighted by atomic mass is 16.5. The predicted molar refractivity (Wildman–Crippen MR) is 252 cm³/mol. The van der Waals surface area contributed by atoms with Crippen LogP contribution in [0, 0.1) is 17.3 Å². The number of aromatic nitrogens is 2. The van der Waals surface area contributed by atoms with Gasteiger partial charge in [-0.2, -0.15) is 0 Å². The number of likely N-dealkylation sites (N-methyl/N-ethyl adjacent to an activating group) is 2. The summed E-state index contributed by atoms with van der Waals surface area (Å²) in [5.41, 5.74) is 10.3. The average molecular weight is 903 g/mol. The lowest BCUT2D eigenvalue weighted by atomic mass is 9.84. The molecule has 15 nitrogen and oxygen atoms in total. The van der Waals surface area contributed by atoms with Crippen molar-refractivity contribution in [2.45, 2.75) is 123 Å². The fourth-order valence-corrected chi connectivity index (χ4v) is 10.2. The number of nitrogens with zero attached hydrogens (tertiary/aromatic N) is 5. The highest BCUT2D eigenvalue weighted by Crippen LogP contribution is 2.42. The van der Waals surface area contributed by atoms with E-state index in [0.717, 1.165) is 58.1 Å². The predicted octanol–water partition coefficient (Wildman–Crippen LogP) is 5.00. The van der Waals surface area contributed by atoms with Crippen LogP contribution in [0.5, 0.6) is 5.75 Å². The Kier molecular flexibility index (Phi) is 13.3. The minimum Gasteiger partial charge on any atom is -0.508 e. The Morgan fingerprint density at radius 2 is 1.80 bits per heavy atom. The van der Waals surface area contributed by atoms with Crippen LogP contribution >= 0.6 is 0 Å². The number of phenols is 1. The lowest BCUT2D eigenvalue weighted by molar-refractivity contribution is -0.155. The van der Waals surface area contributed by atoms with E-state index < -0.39 is 47.2 Å². The number of carbonyl (C=O) groups excluding carboxylic acids is 5. The maximum Gasteiger partial charge on any atom is 0.324 e. The van der Waals surface area contributed by atoms with Crippen LogP contribution in [0.3, 0.4) is 0 Å². The SMILES string of the molecule is CCc1ccncc1-c1c2c3cc(ccc3n1CC)-c1cc(O)cc(c1)C[C@H](NC(=O)[C@H](C(C)C)N(C)C(=O)CN(C)C(=O)[C@H]1N[C@@H]1C1CC1)C(=O)N1CCC[C@H](N1)C(=O)OCC(C)(C)C2. The molecular formula is C51H66N8O7. The molecule has 3 aliphatic heterocycles. The van der Waals surface area contributed by atoms with Crippen molar-refractivity contribution < 1.29 is 33.8 Å². The second-order valence-electron chi connectivity index (χ2n) is 20.0. The monoisotopic (exact) mass is 903 g/mol. The molecule has 2 saturated heterocycles. The summed E-state index contributed by atoms with van der Waals surface area (Å²) in [5.74, 6) is -1.89. The second-order valence-corrected chi connectivity index (χ2v) is 20.0. The number of pyridine rings is 1. The number of carbonyl (C=O) groups is 5. The molecule has 4 amide bonds. The first-order valence-electron chi connectivity index (χ1n) is 23.7. The standard InChI is InChI=1S/C51H66N8O7/c1-9-31-17-18-52-26-38(31)46-37-25-51(5,6)28-66-50(65)39-12-11-19-59(55-39)48(63)40(22-30-20-34(23-35(60)21-30)33-15-16-41(36(37)24-33)58(46)10-2)53-47(62)45(29(3)4)57(8)42(61)27-56(7)49(64)44-43(54-44)32-13-14-32/h15-18,20-21,23-24,26,29,32,39-40,43-45,54-55,60H,9-14,19,22,25,27-28H2,1-8H3,(H,53,62)/t39-,40-,43+,44-,45-/m0/s1. The number of nitrogens with one attached hydrogen (secondary N) is 3. The number of hydrazine groups is 1. The molecule has 3 fully saturated rings. The molecule has 0 radical (unpaired) electrons. The maximum absolute atomic E-state index is 14.7. The van der Waals surface area contributed by atoms with E-state index in [1.54, 1.807) is 26.2 Å². The number of benzene rings is 2. The van der Waals surface area contributed by atoms with E-state index in [1.165, 1.54) is 20.4 Å². The number of fused-ring (bicyclic) bond motifs is 6. The van der Waals surface area contributed by atoms with Crippen LogP contribution in [0.2, 0.25) is 0 Å². The molecule has 6 bridgehead atoms. The Labute approximate surface area is 387 Å². The Bertz CT molecular complexity index is 2530. The van der Waals surface area contributed by atoms with Crippen LogP contribution in [-0.2, 0) is 54.5 Å². The first-order chi connectivity index (χ1) is 31.5. The van der Waals surface area contributed by atoms with E-state index in [-0.39, 0.29) is 55.8 Å². The number of amides is 4. The first kappa shape index (κ1) is 46.7. The maximum atomic E-state index is 14.7. The van der Waals surface area contributed by atoms with Crippen molar-refractivity contribution in [1.82, 2.24) is 40.4 Å². The average Bonchev–Trinajstić information content (AvgIpc) is 4.24. The van der Waals surface area contributed by atoms with E-state index >= 15 is 0 Å². The first-order valence-corrected chi connectivity index (χ1v) is 23.7. The van der Waals surface area contributed by atoms with Crippen LogP contribution in [-0.4, -0.2) is 123 Å². The van der Waals surface area contributed by atoms with Gasteiger partial charge in [0, 0.05) is 73.9 Å². The summed E-state index contributed by atoms with van der Waals surface area (Å²) in [7, 11) is 3.14. The van der Waals surface area contributed by atoms with Crippen molar-refractivity contribution in [3.05, 3.63) is 71.5 Å². The number of hydrogen-bond donors (Lipinski definition) is 4. The van der Waals surface area contributed by atoms with Gasteiger partial charge in [-0.3, -0.25) is 39.3 Å². The van der Waals surface area contributed by atoms with Crippen LogP contribution in [0.4, 0.5) is 0 Å². The van der Waals surface area contributed by atoms with Crippen LogP contribution in [0.15, 0.2) is 54.9 Å². The van der Waals surface area contributed by atoms with Gasteiger partial charge in [0.15, 0.2) is 0 Å². The third-order valence-corrected chi connectivity index (χ3v) is 13.9. The smallest absolute Gasteiger partial charge is 0.324 e. The van der Waals surface area contributed by atoms with Crippen molar-refractivity contribution in [3.8, 4) is 28.1 Å². The number of esters is 1. The lowest BCUT2D eigenvalue weighted by Gasteiger charge is -2.37. The molecule has 5 atom stereocenters. The fraction of sp³-hybridized carbons (Fsp3) is 0.529. The van der Waals surface area contributed by atoms with Gasteiger partial charge < -0.3 is 29.5 Å². The zero-order valence-corrected chi connectivity index (χ0v) is 39.6. The Morgan fingerprint density at radius 1 is 1.03 bits per heavy atom. The highest BCUT2D eigenvalue weighted by molar-refractivity contribution is 5.96. The summed E-state index contributed by atoms with van der Waals surface area (Å²) in [6.07, 6.45) is 8.33. The van der Waals surface area contributed by atoms with Crippen molar-refractivity contribution >= 4 is 40.5 Å². The molecule has 352 valence electrons.